The Labute approximate surface area is 326 Å². The number of aliphatic hydroxyl groups is 1. The van der Waals surface area contributed by atoms with Gasteiger partial charge in [-0.05, 0) is 138 Å². The Morgan fingerprint density at radius 3 is 2.23 bits per heavy atom. The maximum atomic E-state index is 15.1. The molecule has 294 valence electrons. The van der Waals surface area contributed by atoms with Crippen molar-refractivity contribution in [2.45, 2.75) is 85.0 Å². The zero-order valence-corrected chi connectivity index (χ0v) is 32.9. The van der Waals surface area contributed by atoms with Gasteiger partial charge >= 0.3 is 6.09 Å². The average molecular weight is 765 g/mol. The molecule has 2 aliphatic heterocycles. The lowest BCUT2D eigenvalue weighted by Gasteiger charge is -2.46. The third-order valence-corrected chi connectivity index (χ3v) is 11.3. The summed E-state index contributed by atoms with van der Waals surface area (Å²) in [6.07, 6.45) is 5.49. The molecule has 1 spiro atoms. The van der Waals surface area contributed by atoms with Crippen LogP contribution in [0.4, 0.5) is 19.3 Å². The number of aromatic amines is 1. The zero-order valence-electron chi connectivity index (χ0n) is 32.9. The van der Waals surface area contributed by atoms with Crippen molar-refractivity contribution >= 4 is 28.7 Å². The highest BCUT2D eigenvalue weighted by Gasteiger charge is 2.39. The quantitative estimate of drug-likeness (QED) is 0.151. The number of fused-ring (bicyclic) bond motifs is 1. The van der Waals surface area contributed by atoms with Gasteiger partial charge in [0.05, 0.1) is 16.9 Å². The molecule has 2 fully saturated rings. The van der Waals surface area contributed by atoms with E-state index in [2.05, 4.69) is 49.4 Å². The summed E-state index contributed by atoms with van der Waals surface area (Å²) in [5, 5.41) is 13.6. The van der Waals surface area contributed by atoms with Crippen molar-refractivity contribution in [3.63, 3.8) is 0 Å². The van der Waals surface area contributed by atoms with E-state index in [1.54, 1.807) is 6.92 Å². The van der Waals surface area contributed by atoms with Crippen molar-refractivity contribution in [2.75, 3.05) is 31.5 Å². The van der Waals surface area contributed by atoms with E-state index in [1.165, 1.54) is 50.0 Å². The van der Waals surface area contributed by atoms with Gasteiger partial charge in [-0.3, -0.25) is 9.69 Å². The van der Waals surface area contributed by atoms with Crippen molar-refractivity contribution in [3.8, 4) is 22.5 Å². The standard InChI is InChI=1S/C44H50F2N6O4/c1-27-33(22-31(45)23-36(27)50-40(53)32-12-11-30(21-35(32)46)43(5,6)55)38-34-24-37(49-39(34)48-26-47-38)29-9-7-28(8-10-29)25-51-17-13-44(14-18-51)15-19-52(20-16-44)41(54)56-42(2,3)4/h7-12,21-24,26,55H,13-20,25H2,1-6H3,(H,50,53)(H,47,48,49). The summed E-state index contributed by atoms with van der Waals surface area (Å²) >= 11 is 0. The minimum Gasteiger partial charge on any atom is -0.444 e. The van der Waals surface area contributed by atoms with Crippen molar-refractivity contribution in [2.24, 2.45) is 5.41 Å². The molecule has 0 atom stereocenters. The summed E-state index contributed by atoms with van der Waals surface area (Å²) in [7, 11) is 0. The molecule has 3 N–H and O–H groups in total. The number of rotatable bonds is 7. The number of nitrogens with one attached hydrogen (secondary N) is 2. The topological polar surface area (TPSA) is 124 Å². The number of ether oxygens (including phenoxy) is 1. The Morgan fingerprint density at radius 1 is 0.911 bits per heavy atom. The van der Waals surface area contributed by atoms with Crippen molar-refractivity contribution in [3.05, 3.63) is 101 Å². The summed E-state index contributed by atoms with van der Waals surface area (Å²) in [4.78, 5) is 42.4. The van der Waals surface area contributed by atoms with Crippen molar-refractivity contribution in [1.29, 1.82) is 0 Å². The number of piperidine rings is 2. The van der Waals surface area contributed by atoms with Crippen molar-refractivity contribution < 1.29 is 28.2 Å². The second kappa shape index (κ2) is 15.0. The molecule has 2 aromatic heterocycles. The van der Waals surface area contributed by atoms with Crippen LogP contribution >= 0.6 is 0 Å². The Bertz CT molecular complexity index is 2260. The molecule has 2 amide bonds. The summed E-state index contributed by atoms with van der Waals surface area (Å²) in [5.74, 6) is -2.13. The third-order valence-electron chi connectivity index (χ3n) is 11.3. The van der Waals surface area contributed by atoms with E-state index in [4.69, 9.17) is 4.74 Å². The number of anilines is 1. The van der Waals surface area contributed by atoms with Gasteiger partial charge in [0.25, 0.3) is 5.91 Å². The summed E-state index contributed by atoms with van der Waals surface area (Å²) in [6, 6.07) is 16.9. The predicted molar refractivity (Wildman–Crippen MR) is 213 cm³/mol. The normalized spacial score (nSPS) is 16.3. The predicted octanol–water partition coefficient (Wildman–Crippen LogP) is 8.97. The van der Waals surface area contributed by atoms with Gasteiger partial charge in [-0.25, -0.2) is 23.5 Å². The molecular formula is C44H50F2N6O4. The number of nitrogens with zero attached hydrogens (tertiary/aromatic N) is 4. The van der Waals surface area contributed by atoms with Crippen LogP contribution in [-0.4, -0.2) is 73.6 Å². The fourth-order valence-corrected chi connectivity index (χ4v) is 7.86. The number of aromatic nitrogens is 3. The van der Waals surface area contributed by atoms with Crippen LogP contribution in [0.25, 0.3) is 33.5 Å². The Morgan fingerprint density at radius 2 is 1.59 bits per heavy atom. The van der Waals surface area contributed by atoms with Crippen LogP contribution in [0, 0.1) is 24.0 Å². The second-order valence-electron chi connectivity index (χ2n) is 16.9. The Balaban J connectivity index is 1.01. The van der Waals surface area contributed by atoms with Gasteiger partial charge in [0, 0.05) is 42.0 Å². The van der Waals surface area contributed by atoms with Gasteiger partial charge in [0.15, 0.2) is 0 Å². The van der Waals surface area contributed by atoms with E-state index in [1.807, 2.05) is 31.7 Å². The molecule has 0 saturated carbocycles. The van der Waals surface area contributed by atoms with E-state index in [9.17, 15) is 19.1 Å². The number of amides is 2. The van der Waals surface area contributed by atoms with Gasteiger partial charge in [0.2, 0.25) is 0 Å². The fourth-order valence-electron chi connectivity index (χ4n) is 7.86. The molecule has 4 heterocycles. The molecule has 0 radical (unpaired) electrons. The van der Waals surface area contributed by atoms with E-state index in [0.717, 1.165) is 75.7 Å². The highest BCUT2D eigenvalue weighted by molar-refractivity contribution is 6.06. The minimum absolute atomic E-state index is 0.182. The maximum absolute atomic E-state index is 15.1. The van der Waals surface area contributed by atoms with Gasteiger partial charge < -0.3 is 25.0 Å². The van der Waals surface area contributed by atoms with Gasteiger partial charge in [-0.2, -0.15) is 0 Å². The summed E-state index contributed by atoms with van der Waals surface area (Å²) in [6.45, 7) is 14.9. The largest absolute Gasteiger partial charge is 0.444 e. The first-order chi connectivity index (χ1) is 26.5. The highest BCUT2D eigenvalue weighted by Crippen LogP contribution is 2.42. The number of hydrogen-bond donors (Lipinski definition) is 3. The summed E-state index contributed by atoms with van der Waals surface area (Å²) < 4.78 is 35.7. The molecule has 10 nitrogen and oxygen atoms in total. The minimum atomic E-state index is -1.28. The number of halogens is 2. The van der Waals surface area contributed by atoms with Crippen LogP contribution in [0.3, 0.4) is 0 Å². The molecule has 56 heavy (non-hydrogen) atoms. The van der Waals surface area contributed by atoms with Crippen LogP contribution in [0.5, 0.6) is 0 Å². The number of likely N-dealkylation sites (tertiary alicyclic amines) is 2. The average Bonchev–Trinajstić information content (AvgIpc) is 3.58. The van der Waals surface area contributed by atoms with Gasteiger partial charge in [0.1, 0.15) is 29.2 Å². The molecule has 7 rings (SSSR count). The first-order valence-corrected chi connectivity index (χ1v) is 19.2. The monoisotopic (exact) mass is 764 g/mol. The van der Waals surface area contributed by atoms with Crippen LogP contribution < -0.4 is 5.32 Å². The number of carbonyl (C=O) groups is 2. The van der Waals surface area contributed by atoms with Crippen molar-refractivity contribution in [1.82, 2.24) is 24.8 Å². The lowest BCUT2D eigenvalue weighted by molar-refractivity contribution is -0.00313. The Hall–Kier alpha value is -5.20. The van der Waals surface area contributed by atoms with Crippen LogP contribution in [0.15, 0.2) is 67.0 Å². The first kappa shape index (κ1) is 39.1. The molecule has 0 bridgehead atoms. The number of H-pyrrole nitrogens is 1. The molecule has 0 aliphatic carbocycles. The smallest absolute Gasteiger partial charge is 0.410 e. The summed E-state index contributed by atoms with van der Waals surface area (Å²) in [5.41, 5.74) is 3.91. The highest BCUT2D eigenvalue weighted by atomic mass is 19.1. The molecule has 0 unspecified atom stereocenters. The van der Waals surface area contributed by atoms with E-state index in [0.29, 0.717) is 38.8 Å². The van der Waals surface area contributed by atoms with Gasteiger partial charge in [-0.15, -0.1) is 0 Å². The number of benzene rings is 3. The SMILES string of the molecule is Cc1c(NC(=O)c2ccc(C(C)(C)O)cc2F)cc(F)cc1-c1ncnc2[nH]c(-c3ccc(CN4CCC5(CC4)CCN(C(=O)OC(C)(C)C)CC5)cc3)cc12. The maximum Gasteiger partial charge on any atom is 0.410 e. The molecule has 2 aliphatic rings. The fraction of sp³-hybridized carbons (Fsp3) is 0.409. The molecule has 5 aromatic rings. The number of hydrogen-bond acceptors (Lipinski definition) is 7. The third kappa shape index (κ3) is 8.46. The number of carbonyl (C=O) groups excluding carboxylic acids is 2. The Kier molecular flexibility index (Phi) is 10.5. The first-order valence-electron chi connectivity index (χ1n) is 19.2. The molecular weight excluding hydrogens is 715 g/mol. The van der Waals surface area contributed by atoms with Crippen LogP contribution in [-0.2, 0) is 16.9 Å². The van der Waals surface area contributed by atoms with E-state index < -0.39 is 28.7 Å². The van der Waals surface area contributed by atoms with E-state index >= 15 is 4.39 Å². The van der Waals surface area contributed by atoms with Crippen LogP contribution in [0.1, 0.15) is 87.4 Å². The lowest BCUT2D eigenvalue weighted by atomic mass is 9.71. The zero-order chi connectivity index (χ0) is 40.0. The molecule has 2 saturated heterocycles. The van der Waals surface area contributed by atoms with Crippen LogP contribution in [0.2, 0.25) is 0 Å². The molecule has 12 heteroatoms. The molecule has 3 aromatic carbocycles. The van der Waals surface area contributed by atoms with E-state index in [-0.39, 0.29) is 17.3 Å². The second-order valence-corrected chi connectivity index (χ2v) is 16.9. The van der Waals surface area contributed by atoms with Gasteiger partial charge in [-0.1, -0.05) is 30.3 Å². The lowest BCUT2D eigenvalue weighted by Crippen LogP contribution is -2.49.